The molecule has 9 heteroatoms. The molecule has 0 saturated heterocycles. The van der Waals surface area contributed by atoms with Crippen molar-refractivity contribution in [3.8, 4) is 0 Å². The van der Waals surface area contributed by atoms with Crippen molar-refractivity contribution in [3.05, 3.63) is 106 Å². The van der Waals surface area contributed by atoms with Crippen LogP contribution < -0.4 is 10.6 Å². The molecule has 1 aliphatic heterocycles. The first-order valence-corrected chi connectivity index (χ1v) is 12.9. The highest BCUT2D eigenvalue weighted by Crippen LogP contribution is 2.37. The van der Waals surface area contributed by atoms with E-state index >= 15 is 0 Å². The van der Waals surface area contributed by atoms with Gasteiger partial charge in [0, 0.05) is 34.6 Å². The summed E-state index contributed by atoms with van der Waals surface area (Å²) in [5.41, 5.74) is 6.05. The van der Waals surface area contributed by atoms with Crippen LogP contribution in [0.25, 0.3) is 0 Å². The van der Waals surface area contributed by atoms with E-state index in [4.69, 9.17) is 21.7 Å². The number of amides is 1. The molecule has 182 valence electrons. The number of halogens is 1. The molecular formula is C27H25ClN6OS. The van der Waals surface area contributed by atoms with Gasteiger partial charge in [0.25, 0.3) is 5.91 Å². The number of benzene rings is 2. The summed E-state index contributed by atoms with van der Waals surface area (Å²) in [6.45, 7) is 5.90. The molecule has 1 unspecified atom stereocenters. The Bertz CT molecular complexity index is 1470. The van der Waals surface area contributed by atoms with Gasteiger partial charge in [-0.1, -0.05) is 65.3 Å². The number of hydrogen-bond acceptors (Lipinski definition) is 6. The molecule has 0 bridgehead atoms. The van der Waals surface area contributed by atoms with Crippen molar-refractivity contribution in [2.75, 3.05) is 10.6 Å². The number of thioether (sulfide) groups is 1. The maximum atomic E-state index is 13.7. The number of rotatable bonds is 6. The predicted molar refractivity (Wildman–Crippen MR) is 144 cm³/mol. The molecule has 2 N–H and O–H groups in total. The van der Waals surface area contributed by atoms with Gasteiger partial charge in [-0.3, -0.25) is 9.78 Å². The molecule has 2 aromatic heterocycles. The van der Waals surface area contributed by atoms with Crippen molar-refractivity contribution in [1.29, 1.82) is 0 Å². The zero-order valence-electron chi connectivity index (χ0n) is 20.1. The standard InChI is InChI=1S/C27H25ClN6OS/c1-16-10-11-22(17(2)13-16)31-25(35)23-18(3)30-26-32-27(36-15-20-7-4-5-9-21(20)28)33-34(26)24(23)19-8-6-12-29-14-19/h4-14,24H,15H2,1-3H3,(H,31,35)(H,30,32,33). The maximum Gasteiger partial charge on any atom is 0.255 e. The molecule has 1 amide bonds. The lowest BCUT2D eigenvalue weighted by Gasteiger charge is -2.28. The minimum absolute atomic E-state index is 0.202. The van der Waals surface area contributed by atoms with Crippen LogP contribution in [0.2, 0.25) is 5.02 Å². The Morgan fingerprint density at radius 1 is 1.14 bits per heavy atom. The van der Waals surface area contributed by atoms with Crippen molar-refractivity contribution in [1.82, 2.24) is 19.7 Å². The second kappa shape index (κ2) is 10.2. The van der Waals surface area contributed by atoms with Crippen LogP contribution in [0.3, 0.4) is 0 Å². The summed E-state index contributed by atoms with van der Waals surface area (Å²) >= 11 is 7.82. The highest BCUT2D eigenvalue weighted by Gasteiger charge is 2.34. The Labute approximate surface area is 219 Å². The predicted octanol–water partition coefficient (Wildman–Crippen LogP) is 6.16. The number of nitrogens with zero attached hydrogens (tertiary/aromatic N) is 4. The highest BCUT2D eigenvalue weighted by atomic mass is 35.5. The molecule has 1 atom stereocenters. The van der Waals surface area contributed by atoms with E-state index in [0.29, 0.717) is 33.2 Å². The number of allylic oxidation sites excluding steroid dienone is 1. The lowest BCUT2D eigenvalue weighted by molar-refractivity contribution is -0.113. The maximum absolute atomic E-state index is 13.7. The summed E-state index contributed by atoms with van der Waals surface area (Å²) < 4.78 is 1.76. The van der Waals surface area contributed by atoms with E-state index in [0.717, 1.165) is 27.9 Å². The van der Waals surface area contributed by atoms with Crippen LogP contribution in [0, 0.1) is 13.8 Å². The van der Waals surface area contributed by atoms with E-state index in [1.807, 2.05) is 75.4 Å². The van der Waals surface area contributed by atoms with Gasteiger partial charge >= 0.3 is 0 Å². The van der Waals surface area contributed by atoms with Gasteiger partial charge in [0.2, 0.25) is 11.1 Å². The Balaban J connectivity index is 1.48. The average Bonchev–Trinajstić information content (AvgIpc) is 3.27. The number of carbonyl (C=O) groups is 1. The molecule has 36 heavy (non-hydrogen) atoms. The molecule has 0 saturated carbocycles. The second-order valence-corrected chi connectivity index (χ2v) is 10.0. The van der Waals surface area contributed by atoms with Crippen molar-refractivity contribution < 1.29 is 4.79 Å². The third kappa shape index (κ3) is 4.87. The number of aromatic nitrogens is 4. The number of hydrogen-bond donors (Lipinski definition) is 2. The van der Waals surface area contributed by atoms with Crippen molar-refractivity contribution in [3.63, 3.8) is 0 Å². The summed E-state index contributed by atoms with van der Waals surface area (Å²) in [7, 11) is 0. The number of carbonyl (C=O) groups excluding carboxylic acids is 1. The Morgan fingerprint density at radius 2 is 1.97 bits per heavy atom. The SMILES string of the molecule is CC1=C(C(=O)Nc2ccc(C)cc2C)C(c2cccnc2)n2nc(SCc3ccccc3Cl)nc2N1. The van der Waals surface area contributed by atoms with Gasteiger partial charge in [-0.05, 0) is 55.7 Å². The number of anilines is 2. The van der Waals surface area contributed by atoms with Gasteiger partial charge < -0.3 is 10.6 Å². The quantitative estimate of drug-likeness (QED) is 0.298. The van der Waals surface area contributed by atoms with Crippen LogP contribution in [0.4, 0.5) is 11.6 Å². The Hall–Kier alpha value is -3.62. The summed E-state index contributed by atoms with van der Waals surface area (Å²) in [4.78, 5) is 22.6. The van der Waals surface area contributed by atoms with E-state index in [1.165, 1.54) is 11.8 Å². The largest absolute Gasteiger partial charge is 0.328 e. The molecule has 4 aromatic rings. The average molecular weight is 517 g/mol. The fraction of sp³-hybridized carbons (Fsp3) is 0.185. The lowest BCUT2D eigenvalue weighted by Crippen LogP contribution is -2.31. The van der Waals surface area contributed by atoms with Crippen LogP contribution in [-0.2, 0) is 10.5 Å². The molecule has 1 aliphatic rings. The third-order valence-corrected chi connectivity index (χ3v) is 7.28. The smallest absolute Gasteiger partial charge is 0.255 e. The molecule has 3 heterocycles. The van der Waals surface area contributed by atoms with Crippen LogP contribution in [0.5, 0.6) is 0 Å². The molecule has 0 aliphatic carbocycles. The summed E-state index contributed by atoms with van der Waals surface area (Å²) in [5.74, 6) is 1.01. The minimum Gasteiger partial charge on any atom is -0.328 e. The van der Waals surface area contributed by atoms with Gasteiger partial charge in [0.1, 0.15) is 6.04 Å². The zero-order valence-corrected chi connectivity index (χ0v) is 21.7. The fourth-order valence-corrected chi connectivity index (χ4v) is 5.35. The number of pyridine rings is 1. The summed E-state index contributed by atoms with van der Waals surface area (Å²) in [6, 6.07) is 17.0. The van der Waals surface area contributed by atoms with Gasteiger partial charge in [0.15, 0.2) is 0 Å². The van der Waals surface area contributed by atoms with E-state index in [-0.39, 0.29) is 5.91 Å². The van der Waals surface area contributed by atoms with Crippen LogP contribution in [0.1, 0.15) is 35.2 Å². The summed E-state index contributed by atoms with van der Waals surface area (Å²) in [6.07, 6.45) is 3.47. The normalized spacial score (nSPS) is 14.8. The van der Waals surface area contributed by atoms with Gasteiger partial charge in [-0.2, -0.15) is 4.98 Å². The summed E-state index contributed by atoms with van der Waals surface area (Å²) in [5, 5.41) is 12.4. The van der Waals surface area contributed by atoms with Crippen molar-refractivity contribution in [2.45, 2.75) is 37.7 Å². The molecule has 5 rings (SSSR count). The zero-order chi connectivity index (χ0) is 25.2. The number of nitrogens with one attached hydrogen (secondary N) is 2. The minimum atomic E-state index is -0.483. The molecule has 7 nitrogen and oxygen atoms in total. The van der Waals surface area contributed by atoms with E-state index < -0.39 is 6.04 Å². The third-order valence-electron chi connectivity index (χ3n) is 6.02. The fourth-order valence-electron chi connectivity index (χ4n) is 4.23. The van der Waals surface area contributed by atoms with E-state index in [1.54, 1.807) is 17.1 Å². The molecule has 0 fully saturated rings. The van der Waals surface area contributed by atoms with E-state index in [9.17, 15) is 4.79 Å². The van der Waals surface area contributed by atoms with Gasteiger partial charge in [0.05, 0.1) is 5.57 Å². The molecular weight excluding hydrogens is 492 g/mol. The highest BCUT2D eigenvalue weighted by molar-refractivity contribution is 7.98. The first-order chi connectivity index (χ1) is 17.4. The molecule has 0 spiro atoms. The Kier molecular flexibility index (Phi) is 6.80. The van der Waals surface area contributed by atoms with Crippen LogP contribution in [-0.4, -0.2) is 25.7 Å². The van der Waals surface area contributed by atoms with Gasteiger partial charge in [-0.25, -0.2) is 4.68 Å². The lowest BCUT2D eigenvalue weighted by atomic mass is 9.96. The van der Waals surface area contributed by atoms with Crippen LogP contribution >= 0.6 is 23.4 Å². The van der Waals surface area contributed by atoms with Crippen molar-refractivity contribution in [2.24, 2.45) is 0 Å². The monoisotopic (exact) mass is 516 g/mol. The molecule has 0 radical (unpaired) electrons. The second-order valence-electron chi connectivity index (χ2n) is 8.67. The first-order valence-electron chi connectivity index (χ1n) is 11.5. The number of aryl methyl sites for hydroxylation is 2. The topological polar surface area (TPSA) is 84.7 Å². The molecule has 2 aromatic carbocycles. The Morgan fingerprint density at radius 3 is 2.72 bits per heavy atom. The first kappa shape index (κ1) is 24.1. The van der Waals surface area contributed by atoms with Crippen LogP contribution in [0.15, 0.2) is 83.4 Å². The van der Waals surface area contributed by atoms with Crippen molar-refractivity contribution >= 4 is 40.9 Å². The van der Waals surface area contributed by atoms with Gasteiger partial charge in [-0.15, -0.1) is 5.10 Å². The van der Waals surface area contributed by atoms with E-state index in [2.05, 4.69) is 15.6 Å². The number of fused-ring (bicyclic) bond motifs is 1.